The topological polar surface area (TPSA) is 49.4 Å². The molecular weight excluding hydrogens is 336 g/mol. The summed E-state index contributed by atoms with van der Waals surface area (Å²) >= 11 is 0. The molecule has 0 aromatic heterocycles. The number of nitrogens with one attached hydrogen (secondary N) is 1. The first-order valence-electron chi connectivity index (χ1n) is 9.68. The number of amides is 2. The van der Waals surface area contributed by atoms with E-state index in [-0.39, 0.29) is 17.2 Å². The summed E-state index contributed by atoms with van der Waals surface area (Å²) in [6, 6.07) is 16.0. The Morgan fingerprint density at radius 3 is 2.41 bits per heavy atom. The lowest BCUT2D eigenvalue weighted by atomic mass is 9.75. The molecule has 0 spiro atoms. The first kappa shape index (κ1) is 19.2. The molecule has 0 unspecified atom stereocenters. The van der Waals surface area contributed by atoms with Crippen LogP contribution in [0.5, 0.6) is 0 Å². The van der Waals surface area contributed by atoms with Crippen LogP contribution < -0.4 is 5.32 Å². The maximum atomic E-state index is 13.0. The molecule has 4 nitrogen and oxygen atoms in total. The largest absolute Gasteiger partial charge is 0.359 e. The fourth-order valence-electron chi connectivity index (χ4n) is 4.04. The Bertz CT molecular complexity index is 836. The van der Waals surface area contributed by atoms with E-state index in [2.05, 4.69) is 31.3 Å². The van der Waals surface area contributed by atoms with E-state index >= 15 is 0 Å². The standard InChI is InChI=1S/C23H28N2O2/c1-4-23(22(27)24-3)12-14-25(15-13-23)21(26)19-10-7-9-18(16-19)20-11-6-5-8-17(20)2/h5-11,16H,4,12-15H2,1-3H3,(H,24,27). The van der Waals surface area contributed by atoms with Gasteiger partial charge in [-0.25, -0.2) is 0 Å². The second kappa shape index (κ2) is 7.95. The monoisotopic (exact) mass is 364 g/mol. The summed E-state index contributed by atoms with van der Waals surface area (Å²) in [4.78, 5) is 27.2. The second-order valence-corrected chi connectivity index (χ2v) is 7.40. The molecule has 0 atom stereocenters. The maximum absolute atomic E-state index is 13.0. The molecule has 1 saturated heterocycles. The van der Waals surface area contributed by atoms with Crippen molar-refractivity contribution in [3.63, 3.8) is 0 Å². The molecule has 142 valence electrons. The lowest BCUT2D eigenvalue weighted by Gasteiger charge is -2.40. The van der Waals surface area contributed by atoms with Gasteiger partial charge in [0.1, 0.15) is 0 Å². The molecule has 0 saturated carbocycles. The lowest BCUT2D eigenvalue weighted by Crippen LogP contribution is -2.49. The van der Waals surface area contributed by atoms with Gasteiger partial charge >= 0.3 is 0 Å². The Morgan fingerprint density at radius 2 is 1.78 bits per heavy atom. The van der Waals surface area contributed by atoms with Crippen molar-refractivity contribution in [3.05, 3.63) is 59.7 Å². The molecule has 2 amide bonds. The number of aryl methyl sites for hydroxylation is 1. The Balaban J connectivity index is 1.77. The van der Waals surface area contributed by atoms with Crippen LogP contribution in [0.25, 0.3) is 11.1 Å². The van der Waals surface area contributed by atoms with Gasteiger partial charge in [-0.15, -0.1) is 0 Å². The van der Waals surface area contributed by atoms with E-state index in [0.717, 1.165) is 17.5 Å². The van der Waals surface area contributed by atoms with Crippen LogP contribution >= 0.6 is 0 Å². The zero-order valence-corrected chi connectivity index (χ0v) is 16.4. The van der Waals surface area contributed by atoms with Gasteiger partial charge in [0.2, 0.25) is 5.91 Å². The van der Waals surface area contributed by atoms with E-state index in [9.17, 15) is 9.59 Å². The average molecular weight is 364 g/mol. The quantitative estimate of drug-likeness (QED) is 0.890. The van der Waals surface area contributed by atoms with Crippen LogP contribution in [0.15, 0.2) is 48.5 Å². The number of rotatable bonds is 4. The number of nitrogens with zero attached hydrogens (tertiary/aromatic N) is 1. The predicted octanol–water partition coefficient (Wildman–Crippen LogP) is 4.04. The summed E-state index contributed by atoms with van der Waals surface area (Å²) in [5, 5.41) is 2.79. The molecule has 1 N–H and O–H groups in total. The van der Waals surface area contributed by atoms with Crippen LogP contribution in [0.4, 0.5) is 0 Å². The SMILES string of the molecule is CCC1(C(=O)NC)CCN(C(=O)c2cccc(-c3ccccc3C)c2)CC1. The van der Waals surface area contributed by atoms with Crippen LogP contribution in [0.1, 0.15) is 42.1 Å². The molecular formula is C23H28N2O2. The summed E-state index contributed by atoms with van der Waals surface area (Å²) in [5.41, 5.74) is 3.77. The van der Waals surface area contributed by atoms with Gasteiger partial charge in [-0.1, -0.05) is 43.3 Å². The highest BCUT2D eigenvalue weighted by atomic mass is 16.2. The lowest BCUT2D eigenvalue weighted by molar-refractivity contribution is -0.133. The fraction of sp³-hybridized carbons (Fsp3) is 0.391. The summed E-state index contributed by atoms with van der Waals surface area (Å²) < 4.78 is 0. The third-order valence-electron chi connectivity index (χ3n) is 5.96. The molecule has 1 aliphatic rings. The summed E-state index contributed by atoms with van der Waals surface area (Å²) in [6.07, 6.45) is 2.23. The first-order chi connectivity index (χ1) is 13.0. The fourth-order valence-corrected chi connectivity index (χ4v) is 4.04. The number of carbonyl (C=O) groups is 2. The third kappa shape index (κ3) is 3.75. The highest BCUT2D eigenvalue weighted by molar-refractivity contribution is 5.96. The highest BCUT2D eigenvalue weighted by Crippen LogP contribution is 2.35. The molecule has 1 heterocycles. The van der Waals surface area contributed by atoms with E-state index in [0.29, 0.717) is 31.5 Å². The molecule has 3 rings (SSSR count). The average Bonchev–Trinajstić information content (AvgIpc) is 2.73. The molecule has 0 aliphatic carbocycles. The molecule has 1 fully saturated rings. The summed E-state index contributed by atoms with van der Waals surface area (Å²) in [7, 11) is 1.69. The number of hydrogen-bond acceptors (Lipinski definition) is 2. The van der Waals surface area contributed by atoms with Gasteiger partial charge in [-0.2, -0.15) is 0 Å². The summed E-state index contributed by atoms with van der Waals surface area (Å²) in [5.74, 6) is 0.144. The molecule has 2 aromatic rings. The van der Waals surface area contributed by atoms with Crippen LogP contribution in [0.3, 0.4) is 0 Å². The molecule has 4 heteroatoms. The zero-order valence-electron chi connectivity index (χ0n) is 16.4. The zero-order chi connectivity index (χ0) is 19.4. The van der Waals surface area contributed by atoms with E-state index in [4.69, 9.17) is 0 Å². The number of benzene rings is 2. The van der Waals surface area contributed by atoms with Gasteiger partial charge in [0.15, 0.2) is 0 Å². The molecule has 2 aromatic carbocycles. The third-order valence-corrected chi connectivity index (χ3v) is 5.96. The van der Waals surface area contributed by atoms with Crippen molar-refractivity contribution in [2.45, 2.75) is 33.1 Å². The molecule has 0 bridgehead atoms. The van der Waals surface area contributed by atoms with E-state index in [1.807, 2.05) is 41.3 Å². The number of piperidine rings is 1. The minimum Gasteiger partial charge on any atom is -0.359 e. The Labute approximate surface area is 161 Å². The van der Waals surface area contributed by atoms with Gasteiger partial charge < -0.3 is 10.2 Å². The Kier molecular flexibility index (Phi) is 5.64. The van der Waals surface area contributed by atoms with E-state index in [1.54, 1.807) is 7.05 Å². The van der Waals surface area contributed by atoms with Crippen molar-refractivity contribution in [2.75, 3.05) is 20.1 Å². The van der Waals surface area contributed by atoms with Crippen molar-refractivity contribution in [3.8, 4) is 11.1 Å². The van der Waals surface area contributed by atoms with Gasteiger partial charge in [0.05, 0.1) is 5.41 Å². The molecule has 0 radical (unpaired) electrons. The van der Waals surface area contributed by atoms with Crippen molar-refractivity contribution in [2.24, 2.45) is 5.41 Å². The highest BCUT2D eigenvalue weighted by Gasteiger charge is 2.40. The van der Waals surface area contributed by atoms with Gasteiger partial charge in [0.25, 0.3) is 5.91 Å². The second-order valence-electron chi connectivity index (χ2n) is 7.40. The summed E-state index contributed by atoms with van der Waals surface area (Å²) in [6.45, 7) is 5.37. The van der Waals surface area contributed by atoms with Crippen LogP contribution in [-0.2, 0) is 4.79 Å². The van der Waals surface area contributed by atoms with Gasteiger partial charge in [-0.3, -0.25) is 9.59 Å². The molecule has 1 aliphatic heterocycles. The maximum Gasteiger partial charge on any atom is 0.253 e. The predicted molar refractivity (Wildman–Crippen MR) is 109 cm³/mol. The van der Waals surface area contributed by atoms with Crippen molar-refractivity contribution in [1.82, 2.24) is 10.2 Å². The van der Waals surface area contributed by atoms with E-state index < -0.39 is 0 Å². The minimum absolute atomic E-state index is 0.0482. The van der Waals surface area contributed by atoms with Crippen LogP contribution in [0, 0.1) is 12.3 Å². The number of carbonyl (C=O) groups excluding carboxylic acids is 2. The van der Waals surface area contributed by atoms with Crippen molar-refractivity contribution in [1.29, 1.82) is 0 Å². The van der Waals surface area contributed by atoms with Crippen molar-refractivity contribution >= 4 is 11.8 Å². The Morgan fingerprint density at radius 1 is 1.07 bits per heavy atom. The van der Waals surface area contributed by atoms with Gasteiger partial charge in [0, 0.05) is 25.7 Å². The smallest absolute Gasteiger partial charge is 0.253 e. The number of hydrogen-bond donors (Lipinski definition) is 1. The van der Waals surface area contributed by atoms with Gasteiger partial charge in [-0.05, 0) is 55.0 Å². The minimum atomic E-state index is -0.339. The number of likely N-dealkylation sites (tertiary alicyclic amines) is 1. The van der Waals surface area contributed by atoms with E-state index in [1.165, 1.54) is 5.56 Å². The van der Waals surface area contributed by atoms with Crippen LogP contribution in [0.2, 0.25) is 0 Å². The molecule has 27 heavy (non-hydrogen) atoms. The normalized spacial score (nSPS) is 16.0. The Hall–Kier alpha value is -2.62. The van der Waals surface area contributed by atoms with Crippen LogP contribution in [-0.4, -0.2) is 36.9 Å². The van der Waals surface area contributed by atoms with Crippen molar-refractivity contribution < 1.29 is 9.59 Å². The first-order valence-corrected chi connectivity index (χ1v) is 9.68.